The zero-order valence-electron chi connectivity index (χ0n) is 8.25. The van der Waals surface area contributed by atoms with Gasteiger partial charge >= 0.3 is 0 Å². The van der Waals surface area contributed by atoms with Crippen LogP contribution in [0.2, 0.25) is 0 Å². The molecule has 78 valence electrons. The van der Waals surface area contributed by atoms with Crippen molar-refractivity contribution in [2.24, 2.45) is 0 Å². The molecule has 0 unspecified atom stereocenters. The van der Waals surface area contributed by atoms with Crippen LogP contribution in [0.15, 0.2) is 18.0 Å². The van der Waals surface area contributed by atoms with Crippen LogP contribution in [-0.4, -0.2) is 25.5 Å². The fourth-order valence-corrected chi connectivity index (χ4v) is 1.83. The van der Waals surface area contributed by atoms with Crippen molar-refractivity contribution in [3.05, 3.63) is 28.7 Å². The van der Waals surface area contributed by atoms with E-state index in [1.165, 1.54) is 17.7 Å². The summed E-state index contributed by atoms with van der Waals surface area (Å²) in [5.41, 5.74) is 1.65. The van der Waals surface area contributed by atoms with Crippen LogP contribution in [-0.2, 0) is 13.0 Å². The van der Waals surface area contributed by atoms with E-state index in [-0.39, 0.29) is 12.2 Å². The third kappa shape index (κ3) is 2.10. The third-order valence-corrected chi connectivity index (χ3v) is 2.84. The first kappa shape index (κ1) is 9.97. The molecule has 0 fully saturated rings. The number of aryl methyl sites for hydroxylation is 1. The third-order valence-electron chi connectivity index (χ3n) is 2.02. The maximum Gasteiger partial charge on any atom is 0.181 e. The summed E-state index contributed by atoms with van der Waals surface area (Å²) in [6.07, 6.45) is 3.34. The van der Waals surface area contributed by atoms with Crippen LogP contribution < -0.4 is 0 Å². The van der Waals surface area contributed by atoms with E-state index in [1.54, 1.807) is 16.4 Å². The van der Waals surface area contributed by atoms with Crippen molar-refractivity contribution >= 4 is 17.1 Å². The number of aromatic nitrogens is 4. The van der Waals surface area contributed by atoms with E-state index in [0.29, 0.717) is 10.7 Å². The van der Waals surface area contributed by atoms with Crippen molar-refractivity contribution in [3.63, 3.8) is 0 Å². The van der Waals surface area contributed by atoms with Gasteiger partial charge in [0.1, 0.15) is 12.2 Å². The second kappa shape index (κ2) is 4.31. The first-order valence-electron chi connectivity index (χ1n) is 4.59. The van der Waals surface area contributed by atoms with E-state index in [4.69, 9.17) is 0 Å². The van der Waals surface area contributed by atoms with Gasteiger partial charge in [-0.2, -0.15) is 5.10 Å². The summed E-state index contributed by atoms with van der Waals surface area (Å²) in [7, 11) is 0. The van der Waals surface area contributed by atoms with Gasteiger partial charge in [0.05, 0.1) is 16.8 Å². The smallest absolute Gasteiger partial charge is 0.181 e. The molecule has 0 amide bonds. The molecule has 2 heterocycles. The van der Waals surface area contributed by atoms with Gasteiger partial charge in [-0.05, 0) is 6.92 Å². The van der Waals surface area contributed by atoms with Gasteiger partial charge < -0.3 is 0 Å². The molecule has 0 saturated heterocycles. The number of rotatable bonds is 4. The molecule has 15 heavy (non-hydrogen) atoms. The van der Waals surface area contributed by atoms with E-state index >= 15 is 0 Å². The number of Topliss-reactive ketones (excluding diaryl/α,β-unsaturated/α-hetero) is 1. The van der Waals surface area contributed by atoms with Crippen molar-refractivity contribution < 1.29 is 4.79 Å². The number of nitrogens with zero attached hydrogens (tertiary/aromatic N) is 4. The number of carbonyl (C=O) groups excluding carboxylic acids is 1. The van der Waals surface area contributed by atoms with E-state index in [9.17, 15) is 4.79 Å². The molecule has 6 heteroatoms. The Morgan fingerprint density at radius 3 is 3.13 bits per heavy atom. The zero-order chi connectivity index (χ0) is 10.7. The summed E-state index contributed by atoms with van der Waals surface area (Å²) in [5, 5.41) is 4.01. The lowest BCUT2D eigenvalue weighted by atomic mass is 10.2. The highest BCUT2D eigenvalue weighted by atomic mass is 32.1. The normalized spacial score (nSPS) is 10.5. The monoisotopic (exact) mass is 222 g/mol. The number of thiazole rings is 1. The zero-order valence-corrected chi connectivity index (χ0v) is 9.07. The topological polar surface area (TPSA) is 60.7 Å². The molecule has 2 rings (SSSR count). The molecule has 5 nitrogen and oxygen atoms in total. The van der Waals surface area contributed by atoms with Crippen molar-refractivity contribution in [1.29, 1.82) is 0 Å². The highest BCUT2D eigenvalue weighted by Crippen LogP contribution is 2.09. The minimum absolute atomic E-state index is 0.0419. The summed E-state index contributed by atoms with van der Waals surface area (Å²) >= 11 is 1.35. The largest absolute Gasteiger partial charge is 0.293 e. The first-order valence-corrected chi connectivity index (χ1v) is 5.47. The van der Waals surface area contributed by atoms with Gasteiger partial charge in [-0.15, -0.1) is 11.3 Å². The Kier molecular flexibility index (Phi) is 2.86. The van der Waals surface area contributed by atoms with Crippen LogP contribution in [0.25, 0.3) is 0 Å². The van der Waals surface area contributed by atoms with Crippen LogP contribution in [0.1, 0.15) is 22.4 Å². The maximum atomic E-state index is 11.7. The Labute approximate surface area is 90.8 Å². The van der Waals surface area contributed by atoms with Crippen LogP contribution in [0.5, 0.6) is 0 Å². The van der Waals surface area contributed by atoms with Crippen LogP contribution in [0.3, 0.4) is 0 Å². The number of hydrogen-bond acceptors (Lipinski definition) is 5. The molecular formula is C9H10N4OS. The first-order chi connectivity index (χ1) is 7.31. The molecule has 2 aromatic heterocycles. The van der Waals surface area contributed by atoms with Gasteiger partial charge in [0, 0.05) is 12.7 Å². The van der Waals surface area contributed by atoms with Gasteiger partial charge in [0.25, 0.3) is 0 Å². The minimum atomic E-state index is 0.0419. The molecular weight excluding hydrogens is 212 g/mol. The van der Waals surface area contributed by atoms with E-state index in [1.807, 2.05) is 6.92 Å². The lowest BCUT2D eigenvalue weighted by Crippen LogP contribution is -2.09. The van der Waals surface area contributed by atoms with Gasteiger partial charge in [-0.1, -0.05) is 0 Å². The molecule has 2 aromatic rings. The van der Waals surface area contributed by atoms with Crippen molar-refractivity contribution in [2.45, 2.75) is 19.9 Å². The van der Waals surface area contributed by atoms with Crippen molar-refractivity contribution in [2.75, 3.05) is 0 Å². The predicted octanol–water partition coefficient (Wildman–Crippen LogP) is 1.18. The lowest BCUT2D eigenvalue weighted by molar-refractivity contribution is 0.0993. The summed E-state index contributed by atoms with van der Waals surface area (Å²) in [4.78, 5) is 20.3. The minimum Gasteiger partial charge on any atom is -0.293 e. The van der Waals surface area contributed by atoms with Gasteiger partial charge in [0.2, 0.25) is 0 Å². The fourth-order valence-electron chi connectivity index (χ4n) is 1.27. The summed E-state index contributed by atoms with van der Waals surface area (Å²) < 4.78 is 1.72. The average Bonchev–Trinajstić information content (AvgIpc) is 2.87. The molecule has 0 saturated carbocycles. The van der Waals surface area contributed by atoms with E-state index in [2.05, 4.69) is 15.1 Å². The van der Waals surface area contributed by atoms with Crippen molar-refractivity contribution in [3.8, 4) is 0 Å². The standard InChI is InChI=1S/C9H10N4OS/c1-2-13-9(11-5-12-13)3-7(14)8-4-10-6-15-8/h4-6H,2-3H2,1H3. The Morgan fingerprint density at radius 2 is 2.47 bits per heavy atom. The maximum absolute atomic E-state index is 11.7. The number of carbonyl (C=O) groups is 1. The molecule has 0 radical (unpaired) electrons. The second-order valence-corrected chi connectivity index (χ2v) is 3.84. The van der Waals surface area contributed by atoms with Gasteiger partial charge in [0.15, 0.2) is 5.78 Å². The van der Waals surface area contributed by atoms with Crippen molar-refractivity contribution in [1.82, 2.24) is 19.7 Å². The highest BCUT2D eigenvalue weighted by molar-refractivity contribution is 7.11. The Morgan fingerprint density at radius 1 is 1.60 bits per heavy atom. The molecule has 0 N–H and O–H groups in total. The summed E-state index contributed by atoms with van der Waals surface area (Å²) in [5.74, 6) is 0.746. The van der Waals surface area contributed by atoms with Crippen LogP contribution in [0, 0.1) is 0 Å². The Bertz CT molecular complexity index is 448. The Balaban J connectivity index is 2.13. The Hall–Kier alpha value is -1.56. The van der Waals surface area contributed by atoms with Gasteiger partial charge in [-0.25, -0.2) is 9.67 Å². The summed E-state index contributed by atoms with van der Waals surface area (Å²) in [6, 6.07) is 0. The summed E-state index contributed by atoms with van der Waals surface area (Å²) in [6.45, 7) is 2.70. The lowest BCUT2D eigenvalue weighted by Gasteiger charge is -2.00. The molecule has 0 aliphatic carbocycles. The molecule has 0 spiro atoms. The van der Waals surface area contributed by atoms with Crippen LogP contribution in [0.4, 0.5) is 0 Å². The van der Waals surface area contributed by atoms with E-state index in [0.717, 1.165) is 6.54 Å². The van der Waals surface area contributed by atoms with E-state index < -0.39 is 0 Å². The molecule has 0 aliphatic rings. The second-order valence-electron chi connectivity index (χ2n) is 2.96. The predicted molar refractivity (Wildman–Crippen MR) is 55.8 cm³/mol. The molecule has 0 aromatic carbocycles. The number of hydrogen-bond donors (Lipinski definition) is 0. The molecule has 0 bridgehead atoms. The number of ketones is 1. The quantitative estimate of drug-likeness (QED) is 0.729. The SMILES string of the molecule is CCn1ncnc1CC(=O)c1cncs1. The fraction of sp³-hybridized carbons (Fsp3) is 0.333. The molecule has 0 aliphatic heterocycles. The highest BCUT2D eigenvalue weighted by Gasteiger charge is 2.12. The average molecular weight is 222 g/mol. The molecule has 0 atom stereocenters. The van der Waals surface area contributed by atoms with Gasteiger partial charge in [-0.3, -0.25) is 9.78 Å². The van der Waals surface area contributed by atoms with Crippen LogP contribution >= 0.6 is 11.3 Å².